The van der Waals surface area contributed by atoms with Gasteiger partial charge in [-0.05, 0) is 42.0 Å². The van der Waals surface area contributed by atoms with Crippen molar-refractivity contribution in [3.05, 3.63) is 71.3 Å². The molecule has 2 aromatic carbocycles. The lowest BCUT2D eigenvalue weighted by atomic mass is 9.77. The van der Waals surface area contributed by atoms with E-state index in [1.54, 1.807) is 0 Å². The highest BCUT2D eigenvalue weighted by Crippen LogP contribution is 2.37. The van der Waals surface area contributed by atoms with Crippen molar-refractivity contribution in [1.82, 2.24) is 5.32 Å². The Labute approximate surface area is 126 Å². The van der Waals surface area contributed by atoms with Gasteiger partial charge in [-0.3, -0.25) is 0 Å². The third-order valence-corrected chi connectivity index (χ3v) is 4.36. The van der Waals surface area contributed by atoms with Crippen LogP contribution in [0.25, 0.3) is 0 Å². The predicted octanol–water partition coefficient (Wildman–Crippen LogP) is 4.19. The summed E-state index contributed by atoms with van der Waals surface area (Å²) in [5.74, 6) is 0.742. The summed E-state index contributed by atoms with van der Waals surface area (Å²) in [6.07, 6.45) is 3.97. The molecule has 1 aliphatic carbocycles. The summed E-state index contributed by atoms with van der Waals surface area (Å²) in [6, 6.07) is 21.2. The van der Waals surface area contributed by atoms with Crippen molar-refractivity contribution in [3.63, 3.8) is 0 Å². The second kappa shape index (κ2) is 6.56. The summed E-state index contributed by atoms with van der Waals surface area (Å²) < 4.78 is 0. The van der Waals surface area contributed by atoms with Crippen LogP contribution >= 0.6 is 0 Å². The van der Waals surface area contributed by atoms with Crippen LogP contribution in [-0.2, 0) is 6.54 Å². The smallest absolute Gasteiger partial charge is 0.0991 e. The van der Waals surface area contributed by atoms with Crippen molar-refractivity contribution in [3.8, 4) is 6.07 Å². The fourth-order valence-electron chi connectivity index (χ4n) is 2.97. The van der Waals surface area contributed by atoms with Crippen LogP contribution in [0.15, 0.2) is 54.6 Å². The van der Waals surface area contributed by atoms with Crippen LogP contribution in [0.1, 0.15) is 42.0 Å². The highest BCUT2D eigenvalue weighted by atomic mass is 14.9. The summed E-state index contributed by atoms with van der Waals surface area (Å²) in [5.41, 5.74) is 3.28. The van der Waals surface area contributed by atoms with E-state index in [0.717, 1.165) is 18.0 Å². The van der Waals surface area contributed by atoms with Crippen molar-refractivity contribution in [2.45, 2.75) is 31.8 Å². The fourth-order valence-corrected chi connectivity index (χ4v) is 2.97. The maximum absolute atomic E-state index is 8.98. The summed E-state index contributed by atoms with van der Waals surface area (Å²) in [5, 5.41) is 12.7. The van der Waals surface area contributed by atoms with Crippen LogP contribution < -0.4 is 5.32 Å². The number of hydrogen-bond acceptors (Lipinski definition) is 2. The molecule has 1 fully saturated rings. The molecule has 0 aliphatic heterocycles. The molecule has 1 N–H and O–H groups in total. The highest BCUT2D eigenvalue weighted by molar-refractivity contribution is 5.33. The Balaban J connectivity index is 1.71. The van der Waals surface area contributed by atoms with Crippen molar-refractivity contribution >= 4 is 0 Å². The molecule has 1 saturated carbocycles. The molecule has 0 aromatic heterocycles. The fraction of sp³-hybridized carbons (Fsp3) is 0.316. The maximum atomic E-state index is 8.98. The van der Waals surface area contributed by atoms with E-state index in [-0.39, 0.29) is 0 Å². The molecular formula is C19H20N2. The monoisotopic (exact) mass is 276 g/mol. The lowest BCUT2D eigenvalue weighted by Crippen LogP contribution is -2.31. The minimum absolute atomic E-state index is 0.422. The van der Waals surface area contributed by atoms with E-state index in [1.165, 1.54) is 30.4 Å². The SMILES string of the molecule is N#Cc1cccc(CNC(c2ccccc2)C2CCC2)c1. The molecule has 0 amide bonds. The van der Waals surface area contributed by atoms with Crippen LogP contribution in [0, 0.1) is 17.2 Å². The molecule has 106 valence electrons. The molecule has 3 rings (SSSR count). The zero-order valence-electron chi connectivity index (χ0n) is 12.1. The third kappa shape index (κ3) is 3.32. The Morgan fingerprint density at radius 3 is 2.57 bits per heavy atom. The Hall–Kier alpha value is -2.11. The van der Waals surface area contributed by atoms with Gasteiger partial charge in [-0.25, -0.2) is 0 Å². The molecule has 0 bridgehead atoms. The first kappa shape index (κ1) is 13.9. The highest BCUT2D eigenvalue weighted by Gasteiger charge is 2.27. The first-order chi connectivity index (χ1) is 10.4. The minimum atomic E-state index is 0.422. The molecule has 0 spiro atoms. The topological polar surface area (TPSA) is 35.8 Å². The van der Waals surface area contributed by atoms with E-state index < -0.39 is 0 Å². The lowest BCUT2D eigenvalue weighted by Gasteiger charge is -2.35. The van der Waals surface area contributed by atoms with Gasteiger partial charge >= 0.3 is 0 Å². The molecule has 1 unspecified atom stereocenters. The third-order valence-electron chi connectivity index (χ3n) is 4.36. The first-order valence-electron chi connectivity index (χ1n) is 7.64. The molecule has 21 heavy (non-hydrogen) atoms. The van der Waals surface area contributed by atoms with Crippen LogP contribution in [0.4, 0.5) is 0 Å². The first-order valence-corrected chi connectivity index (χ1v) is 7.64. The Kier molecular flexibility index (Phi) is 4.33. The summed E-state index contributed by atoms with van der Waals surface area (Å²) >= 11 is 0. The summed E-state index contributed by atoms with van der Waals surface area (Å²) in [4.78, 5) is 0. The van der Waals surface area contributed by atoms with Gasteiger partial charge in [0.25, 0.3) is 0 Å². The zero-order chi connectivity index (χ0) is 14.5. The largest absolute Gasteiger partial charge is 0.306 e. The minimum Gasteiger partial charge on any atom is -0.306 e. The van der Waals surface area contributed by atoms with Gasteiger partial charge in [0.1, 0.15) is 0 Å². The molecule has 2 nitrogen and oxygen atoms in total. The van der Waals surface area contributed by atoms with Gasteiger partial charge in [0, 0.05) is 12.6 Å². The van der Waals surface area contributed by atoms with Gasteiger partial charge in [0.05, 0.1) is 11.6 Å². The molecule has 2 aromatic rings. The lowest BCUT2D eigenvalue weighted by molar-refractivity contribution is 0.229. The van der Waals surface area contributed by atoms with Gasteiger partial charge in [0.15, 0.2) is 0 Å². The quantitative estimate of drug-likeness (QED) is 0.888. The van der Waals surface area contributed by atoms with Crippen molar-refractivity contribution < 1.29 is 0 Å². The second-order valence-electron chi connectivity index (χ2n) is 5.77. The Morgan fingerprint density at radius 2 is 1.90 bits per heavy atom. The number of benzene rings is 2. The van der Waals surface area contributed by atoms with E-state index in [1.807, 2.05) is 18.2 Å². The number of nitrogens with zero attached hydrogens (tertiary/aromatic N) is 1. The summed E-state index contributed by atoms with van der Waals surface area (Å²) in [7, 11) is 0. The maximum Gasteiger partial charge on any atom is 0.0991 e. The van der Waals surface area contributed by atoms with E-state index in [2.05, 4.69) is 47.8 Å². The number of rotatable bonds is 5. The van der Waals surface area contributed by atoms with E-state index in [4.69, 9.17) is 5.26 Å². The van der Waals surface area contributed by atoms with E-state index in [0.29, 0.717) is 6.04 Å². The summed E-state index contributed by atoms with van der Waals surface area (Å²) in [6.45, 7) is 0.811. The zero-order valence-corrected chi connectivity index (χ0v) is 12.1. The normalized spacial score (nSPS) is 16.0. The molecule has 2 heteroatoms. The van der Waals surface area contributed by atoms with E-state index in [9.17, 15) is 0 Å². The number of nitrogens with one attached hydrogen (secondary N) is 1. The van der Waals surface area contributed by atoms with Crippen LogP contribution in [0.5, 0.6) is 0 Å². The molecule has 1 atom stereocenters. The molecular weight excluding hydrogens is 256 g/mol. The van der Waals surface area contributed by atoms with Gasteiger partial charge in [-0.1, -0.05) is 48.9 Å². The molecule has 0 radical (unpaired) electrons. The Morgan fingerprint density at radius 1 is 1.10 bits per heavy atom. The van der Waals surface area contributed by atoms with Gasteiger partial charge in [0.2, 0.25) is 0 Å². The predicted molar refractivity (Wildman–Crippen MR) is 84.5 cm³/mol. The molecule has 0 saturated heterocycles. The van der Waals surface area contributed by atoms with Crippen molar-refractivity contribution in [2.24, 2.45) is 5.92 Å². The van der Waals surface area contributed by atoms with Gasteiger partial charge < -0.3 is 5.32 Å². The second-order valence-corrected chi connectivity index (χ2v) is 5.77. The van der Waals surface area contributed by atoms with Crippen LogP contribution in [-0.4, -0.2) is 0 Å². The van der Waals surface area contributed by atoms with Crippen LogP contribution in [0.3, 0.4) is 0 Å². The van der Waals surface area contributed by atoms with Crippen LogP contribution in [0.2, 0.25) is 0 Å². The van der Waals surface area contributed by atoms with Crippen molar-refractivity contribution in [2.75, 3.05) is 0 Å². The molecule has 1 aliphatic rings. The molecule has 0 heterocycles. The van der Waals surface area contributed by atoms with Gasteiger partial charge in [-0.2, -0.15) is 5.26 Å². The average molecular weight is 276 g/mol. The average Bonchev–Trinajstić information content (AvgIpc) is 2.50. The standard InChI is InChI=1S/C19H20N2/c20-13-15-6-4-7-16(12-15)14-21-19(18-10-5-11-18)17-8-2-1-3-9-17/h1-4,6-9,12,18-19,21H,5,10-11,14H2. The Bertz CT molecular complexity index is 624. The van der Waals surface area contributed by atoms with E-state index >= 15 is 0 Å². The van der Waals surface area contributed by atoms with Gasteiger partial charge in [-0.15, -0.1) is 0 Å². The van der Waals surface area contributed by atoms with Crippen molar-refractivity contribution in [1.29, 1.82) is 5.26 Å². The number of nitriles is 1. The number of hydrogen-bond donors (Lipinski definition) is 1.